The van der Waals surface area contributed by atoms with E-state index in [4.69, 9.17) is 14.5 Å². The summed E-state index contributed by atoms with van der Waals surface area (Å²) < 4.78 is 24.0. The first-order valence-corrected chi connectivity index (χ1v) is 12.6. The average molecular weight is 488 g/mol. The molecule has 0 bridgehead atoms. The third kappa shape index (κ3) is 7.31. The van der Waals surface area contributed by atoms with Gasteiger partial charge in [0.05, 0.1) is 18.4 Å². The number of carbonyl (C=O) groups excluding carboxylic acids is 2. The van der Waals surface area contributed by atoms with Crippen molar-refractivity contribution in [2.75, 3.05) is 20.3 Å². The van der Waals surface area contributed by atoms with Gasteiger partial charge in [-0.1, -0.05) is 27.7 Å². The molecule has 8 heteroatoms. The highest BCUT2D eigenvalue weighted by molar-refractivity contribution is 5.98. The quantitative estimate of drug-likeness (QED) is 0.334. The Balaban J connectivity index is 3.53. The summed E-state index contributed by atoms with van der Waals surface area (Å²) >= 11 is 0. The second kappa shape index (κ2) is 13.1. The molecule has 2 N–H and O–H groups in total. The lowest BCUT2D eigenvalue weighted by Gasteiger charge is -2.42. The maximum Gasteiger partial charge on any atom is 0.316 e. The number of halogens is 1. The summed E-state index contributed by atoms with van der Waals surface area (Å²) in [5.41, 5.74) is -1.77. The van der Waals surface area contributed by atoms with E-state index in [0.29, 0.717) is 31.5 Å². The number of carbonyl (C=O) groups is 2. The lowest BCUT2D eigenvalue weighted by Crippen LogP contribution is -2.56. The van der Waals surface area contributed by atoms with Crippen LogP contribution in [0.4, 0.5) is 4.39 Å². The minimum atomic E-state index is -1.77. The van der Waals surface area contributed by atoms with Crippen LogP contribution in [-0.4, -0.2) is 71.4 Å². The second-order valence-electron chi connectivity index (χ2n) is 10.4. The highest BCUT2D eigenvalue weighted by Gasteiger charge is 2.47. The molecule has 1 aliphatic rings. The number of cyclic esters (lactones) is 1. The van der Waals surface area contributed by atoms with Gasteiger partial charge in [0, 0.05) is 31.7 Å². The molecule has 0 aromatic carbocycles. The number of alkyl halides is 1. The van der Waals surface area contributed by atoms with Crippen molar-refractivity contribution in [2.45, 2.75) is 104 Å². The van der Waals surface area contributed by atoms with Gasteiger partial charge in [0.2, 0.25) is 0 Å². The van der Waals surface area contributed by atoms with E-state index in [0.717, 1.165) is 0 Å². The third-order valence-corrected chi connectivity index (χ3v) is 7.73. The number of rotatable bonds is 6. The molecule has 1 saturated heterocycles. The summed E-state index contributed by atoms with van der Waals surface area (Å²) in [5, 5.41) is 22.6. The van der Waals surface area contributed by atoms with Gasteiger partial charge in [0.15, 0.2) is 0 Å². The van der Waals surface area contributed by atoms with Gasteiger partial charge in [-0.15, -0.1) is 0 Å². The zero-order chi connectivity index (χ0) is 26.3. The van der Waals surface area contributed by atoms with Gasteiger partial charge in [-0.2, -0.15) is 0 Å². The summed E-state index contributed by atoms with van der Waals surface area (Å²) in [7, 11) is 1.60. The number of aliphatic hydroxyl groups is 2. The molecular formula is C26H46FNO6. The molecule has 0 saturated carbocycles. The van der Waals surface area contributed by atoms with Crippen LogP contribution in [-0.2, 0) is 19.1 Å². The van der Waals surface area contributed by atoms with Gasteiger partial charge in [-0.25, -0.2) is 0 Å². The Morgan fingerprint density at radius 3 is 2.32 bits per heavy atom. The van der Waals surface area contributed by atoms with Gasteiger partial charge >= 0.3 is 5.97 Å². The molecule has 1 rings (SSSR count). The van der Waals surface area contributed by atoms with Crippen molar-refractivity contribution in [1.82, 2.24) is 0 Å². The Morgan fingerprint density at radius 1 is 1.18 bits per heavy atom. The Bertz CT molecular complexity index is 711. The standard InChI is InChI=1S/C26H46FNO6/c1-9-21-26(7,32)23(30)19(5)22(28-13-11-10-12-27)16(2)15-25(6,33-8)17(3)14-20(29)18(4)24(31)34-21/h16-19,21,23,30,32H,9-15H2,1-8H3/t16-,17-,18-,19+,21-,23-,25-,26-/m1/s1. The van der Waals surface area contributed by atoms with E-state index in [-0.39, 0.29) is 30.5 Å². The Hall–Kier alpha value is -1.38. The van der Waals surface area contributed by atoms with E-state index in [1.807, 2.05) is 20.8 Å². The molecule has 1 heterocycles. The third-order valence-electron chi connectivity index (χ3n) is 7.73. The first-order chi connectivity index (χ1) is 15.8. The van der Waals surface area contributed by atoms with Crippen molar-refractivity contribution >= 4 is 17.5 Å². The number of hydrogen-bond acceptors (Lipinski definition) is 7. The maximum absolute atomic E-state index is 12.9. The van der Waals surface area contributed by atoms with Crippen molar-refractivity contribution < 1.29 is 33.7 Å². The van der Waals surface area contributed by atoms with E-state index >= 15 is 0 Å². The lowest BCUT2D eigenvalue weighted by molar-refractivity contribution is -0.186. The Morgan fingerprint density at radius 2 is 1.79 bits per heavy atom. The van der Waals surface area contributed by atoms with E-state index < -0.39 is 47.9 Å². The molecule has 0 amide bonds. The van der Waals surface area contributed by atoms with Crippen LogP contribution < -0.4 is 0 Å². The zero-order valence-corrected chi connectivity index (χ0v) is 22.3. The zero-order valence-electron chi connectivity index (χ0n) is 22.3. The molecule has 1 fully saturated rings. The first kappa shape index (κ1) is 30.7. The number of ether oxygens (including phenoxy) is 2. The van der Waals surface area contributed by atoms with Crippen molar-refractivity contribution in [3.8, 4) is 0 Å². The normalized spacial score (nSPS) is 40.1. The van der Waals surface area contributed by atoms with E-state index in [9.17, 15) is 24.2 Å². The number of esters is 1. The maximum atomic E-state index is 12.9. The van der Waals surface area contributed by atoms with Crippen LogP contribution in [0.1, 0.15) is 80.6 Å². The van der Waals surface area contributed by atoms with Crippen LogP contribution >= 0.6 is 0 Å². The number of ketones is 1. The molecule has 198 valence electrons. The van der Waals surface area contributed by atoms with Crippen molar-refractivity contribution in [3.05, 3.63) is 0 Å². The van der Waals surface area contributed by atoms with E-state index in [2.05, 4.69) is 0 Å². The predicted octanol–water partition coefficient (Wildman–Crippen LogP) is 3.92. The minimum absolute atomic E-state index is 0.141. The largest absolute Gasteiger partial charge is 0.459 e. The predicted molar refractivity (Wildman–Crippen MR) is 131 cm³/mol. The van der Waals surface area contributed by atoms with Crippen LogP contribution in [0.2, 0.25) is 0 Å². The number of aliphatic hydroxyl groups excluding tert-OH is 1. The highest BCUT2D eigenvalue weighted by Crippen LogP contribution is 2.36. The number of nitrogens with zero attached hydrogens (tertiary/aromatic N) is 1. The Labute approximate surface area is 204 Å². The SMILES string of the molecule is CC[C@H]1OC(=O)[C@H](C)C(=O)C[C@@H](C)[C@](C)(OC)C[C@@H](C)C(=NCCCCF)[C@H](C)[C@@H](O)[C@]1(C)O. The molecule has 0 radical (unpaired) electrons. The van der Waals surface area contributed by atoms with E-state index in [1.165, 1.54) is 13.8 Å². The summed E-state index contributed by atoms with van der Waals surface area (Å²) in [6, 6.07) is 0. The van der Waals surface area contributed by atoms with Crippen LogP contribution in [0, 0.1) is 23.7 Å². The van der Waals surface area contributed by atoms with Gasteiger partial charge in [-0.3, -0.25) is 19.0 Å². The smallest absolute Gasteiger partial charge is 0.316 e. The fourth-order valence-corrected chi connectivity index (χ4v) is 4.90. The average Bonchev–Trinajstić information content (AvgIpc) is 2.79. The van der Waals surface area contributed by atoms with Crippen LogP contribution in [0.25, 0.3) is 0 Å². The lowest BCUT2D eigenvalue weighted by atomic mass is 9.73. The first-order valence-electron chi connectivity index (χ1n) is 12.6. The van der Waals surface area contributed by atoms with Crippen molar-refractivity contribution in [3.63, 3.8) is 0 Å². The molecular weight excluding hydrogens is 441 g/mol. The monoisotopic (exact) mass is 487 g/mol. The molecule has 7 nitrogen and oxygen atoms in total. The molecule has 0 aliphatic carbocycles. The number of hydrogen-bond donors (Lipinski definition) is 2. The van der Waals surface area contributed by atoms with Crippen LogP contribution in [0.3, 0.4) is 0 Å². The van der Waals surface area contributed by atoms with Gasteiger partial charge in [-0.05, 0) is 58.3 Å². The fraction of sp³-hybridized carbons (Fsp3) is 0.885. The number of aliphatic imine (C=N–C) groups is 1. The number of methoxy groups -OCH3 is 1. The summed E-state index contributed by atoms with van der Waals surface area (Å²) in [4.78, 5) is 30.4. The van der Waals surface area contributed by atoms with Crippen LogP contribution in [0.15, 0.2) is 4.99 Å². The molecule has 0 aromatic rings. The van der Waals surface area contributed by atoms with Crippen LogP contribution in [0.5, 0.6) is 0 Å². The van der Waals surface area contributed by atoms with Gasteiger partial charge in [0.1, 0.15) is 23.4 Å². The molecule has 1 aliphatic heterocycles. The second-order valence-corrected chi connectivity index (χ2v) is 10.4. The topological polar surface area (TPSA) is 105 Å². The molecule has 0 spiro atoms. The molecule has 0 unspecified atom stereocenters. The summed E-state index contributed by atoms with van der Waals surface area (Å²) in [6.45, 7) is 12.3. The van der Waals surface area contributed by atoms with E-state index in [1.54, 1.807) is 21.0 Å². The minimum Gasteiger partial charge on any atom is -0.459 e. The van der Waals surface area contributed by atoms with Gasteiger partial charge < -0.3 is 19.7 Å². The number of unbranched alkanes of at least 4 members (excludes halogenated alkanes) is 1. The molecule has 8 atom stereocenters. The number of Topliss-reactive ketones (excluding diaryl/α,β-unsaturated/α-hetero) is 1. The molecule has 34 heavy (non-hydrogen) atoms. The summed E-state index contributed by atoms with van der Waals surface area (Å²) in [5.74, 6) is -2.85. The van der Waals surface area contributed by atoms with Crippen molar-refractivity contribution in [1.29, 1.82) is 0 Å². The van der Waals surface area contributed by atoms with Gasteiger partial charge in [0.25, 0.3) is 0 Å². The highest BCUT2D eigenvalue weighted by atomic mass is 19.1. The summed E-state index contributed by atoms with van der Waals surface area (Å²) in [6.07, 6.45) is -0.378. The van der Waals surface area contributed by atoms with Crippen molar-refractivity contribution in [2.24, 2.45) is 28.7 Å². The Kier molecular flexibility index (Phi) is 11.8. The molecule has 0 aromatic heterocycles. The fourth-order valence-electron chi connectivity index (χ4n) is 4.90.